The van der Waals surface area contributed by atoms with E-state index in [9.17, 15) is 4.79 Å². The van der Waals surface area contributed by atoms with E-state index in [2.05, 4.69) is 25.5 Å². The van der Waals surface area contributed by atoms with Crippen LogP contribution in [0.3, 0.4) is 0 Å². The van der Waals surface area contributed by atoms with Crippen LogP contribution in [0.25, 0.3) is 22.6 Å². The van der Waals surface area contributed by atoms with Crippen LogP contribution in [0.4, 0.5) is 5.69 Å². The zero-order chi connectivity index (χ0) is 17.5. The third kappa shape index (κ3) is 2.57. The molecule has 0 radical (unpaired) electrons. The van der Waals surface area contributed by atoms with Crippen molar-refractivity contribution in [3.8, 4) is 11.6 Å². The van der Waals surface area contributed by atoms with Crippen LogP contribution >= 0.6 is 0 Å². The van der Waals surface area contributed by atoms with Gasteiger partial charge in [-0.3, -0.25) is 9.89 Å². The quantitative estimate of drug-likeness (QED) is 0.529. The van der Waals surface area contributed by atoms with E-state index in [1.165, 1.54) is 0 Å². The second-order valence-corrected chi connectivity index (χ2v) is 6.60. The first-order valence-corrected chi connectivity index (χ1v) is 8.62. The summed E-state index contributed by atoms with van der Waals surface area (Å²) in [6.45, 7) is 0. The lowest BCUT2D eigenvalue weighted by atomic mass is 9.87. The van der Waals surface area contributed by atoms with Gasteiger partial charge in [-0.05, 0) is 55.2 Å². The minimum Gasteiger partial charge on any atom is -0.461 e. The Morgan fingerprint density at radius 2 is 2.27 bits per heavy atom. The summed E-state index contributed by atoms with van der Waals surface area (Å²) in [5.74, 6) is 1.37. The normalized spacial score (nSPS) is 16.5. The second-order valence-electron chi connectivity index (χ2n) is 6.60. The number of aromatic amines is 2. The lowest BCUT2D eigenvalue weighted by Gasteiger charge is -2.20. The molecule has 0 aliphatic heterocycles. The maximum Gasteiger partial charge on any atom is 0.227 e. The molecule has 0 bridgehead atoms. The molecule has 4 aromatic rings. The molecular weight excluding hydrogens is 330 g/mol. The molecule has 3 N–H and O–H groups in total. The van der Waals surface area contributed by atoms with Crippen LogP contribution in [-0.4, -0.2) is 26.1 Å². The summed E-state index contributed by atoms with van der Waals surface area (Å²) in [6, 6.07) is 9.35. The van der Waals surface area contributed by atoms with Gasteiger partial charge in [-0.2, -0.15) is 5.10 Å². The van der Waals surface area contributed by atoms with Crippen LogP contribution in [0.5, 0.6) is 0 Å². The van der Waals surface area contributed by atoms with Gasteiger partial charge >= 0.3 is 0 Å². The smallest absolute Gasteiger partial charge is 0.227 e. The molecule has 0 saturated heterocycles. The molecule has 130 valence electrons. The highest BCUT2D eigenvalue weighted by atomic mass is 16.3. The summed E-state index contributed by atoms with van der Waals surface area (Å²) in [5.41, 5.74) is 4.74. The van der Waals surface area contributed by atoms with Crippen molar-refractivity contribution in [1.82, 2.24) is 20.2 Å². The Labute approximate surface area is 148 Å². The average Bonchev–Trinajstić information content (AvgIpc) is 3.39. The highest BCUT2D eigenvalue weighted by Crippen LogP contribution is 2.26. The molecule has 0 unspecified atom stereocenters. The van der Waals surface area contributed by atoms with Crippen molar-refractivity contribution >= 4 is 22.6 Å². The summed E-state index contributed by atoms with van der Waals surface area (Å²) in [4.78, 5) is 20.4. The van der Waals surface area contributed by atoms with Crippen LogP contribution in [0, 0.1) is 5.92 Å². The van der Waals surface area contributed by atoms with E-state index in [0.29, 0.717) is 11.6 Å². The maximum atomic E-state index is 12.6. The highest BCUT2D eigenvalue weighted by Gasteiger charge is 2.25. The van der Waals surface area contributed by atoms with Crippen LogP contribution in [0.2, 0.25) is 0 Å². The molecule has 7 heteroatoms. The first kappa shape index (κ1) is 14.9. The molecule has 1 aliphatic carbocycles. The van der Waals surface area contributed by atoms with Gasteiger partial charge in [0.25, 0.3) is 0 Å². The fourth-order valence-corrected chi connectivity index (χ4v) is 3.50. The lowest BCUT2D eigenvalue weighted by molar-refractivity contribution is -0.120. The molecule has 7 nitrogen and oxygen atoms in total. The topological polar surface area (TPSA) is 99.6 Å². The van der Waals surface area contributed by atoms with E-state index >= 15 is 0 Å². The molecular formula is C19H17N5O2. The van der Waals surface area contributed by atoms with Crippen molar-refractivity contribution in [2.45, 2.75) is 19.3 Å². The highest BCUT2D eigenvalue weighted by molar-refractivity contribution is 5.95. The molecule has 1 aromatic carbocycles. The van der Waals surface area contributed by atoms with E-state index in [0.717, 1.165) is 47.2 Å². The first-order chi connectivity index (χ1) is 12.8. The fourth-order valence-electron chi connectivity index (χ4n) is 3.50. The number of fused-ring (bicyclic) bond motifs is 2. The van der Waals surface area contributed by atoms with Gasteiger partial charge in [-0.1, -0.05) is 0 Å². The van der Waals surface area contributed by atoms with Gasteiger partial charge in [0.1, 0.15) is 0 Å². The number of nitrogens with one attached hydrogen (secondary N) is 3. The first-order valence-electron chi connectivity index (χ1n) is 8.62. The Bertz CT molecular complexity index is 1080. The fraction of sp³-hybridized carbons (Fsp3) is 0.211. The van der Waals surface area contributed by atoms with Crippen LogP contribution in [0.15, 0.2) is 47.2 Å². The number of carbonyl (C=O) groups excluding carboxylic acids is 1. The van der Waals surface area contributed by atoms with Gasteiger partial charge in [0.15, 0.2) is 11.6 Å². The van der Waals surface area contributed by atoms with Crippen LogP contribution in [-0.2, 0) is 17.6 Å². The molecule has 0 fully saturated rings. The zero-order valence-electron chi connectivity index (χ0n) is 14.0. The van der Waals surface area contributed by atoms with Crippen molar-refractivity contribution in [3.63, 3.8) is 0 Å². The standard InChI is InChI=1S/C19H17N5O2/c25-19(11-3-5-14-12(8-11)10-20-24-14)21-13-4-6-15-16(9-13)23-18(22-15)17-2-1-7-26-17/h1-2,4,6-7,9-11H,3,5,8H2,(H,20,24)(H,21,25)(H,22,23)/t11-/m1/s1. The Morgan fingerprint density at radius 1 is 1.31 bits per heavy atom. The minimum absolute atomic E-state index is 0.0313. The number of anilines is 1. The summed E-state index contributed by atoms with van der Waals surface area (Å²) in [6.07, 6.45) is 5.85. The summed E-state index contributed by atoms with van der Waals surface area (Å²) in [5, 5.41) is 10.1. The monoisotopic (exact) mass is 347 g/mol. The molecule has 1 atom stereocenters. The van der Waals surface area contributed by atoms with Crippen molar-refractivity contribution in [1.29, 1.82) is 0 Å². The average molecular weight is 347 g/mol. The van der Waals surface area contributed by atoms with Crippen molar-refractivity contribution < 1.29 is 9.21 Å². The summed E-state index contributed by atoms with van der Waals surface area (Å²) < 4.78 is 5.37. The van der Waals surface area contributed by atoms with Gasteiger partial charge in [-0.25, -0.2) is 4.98 Å². The molecule has 0 saturated carbocycles. The van der Waals surface area contributed by atoms with E-state index in [1.54, 1.807) is 6.26 Å². The number of amides is 1. The Balaban J connectivity index is 1.35. The third-order valence-corrected chi connectivity index (χ3v) is 4.89. The molecule has 3 aromatic heterocycles. The van der Waals surface area contributed by atoms with Gasteiger partial charge < -0.3 is 14.7 Å². The second kappa shape index (κ2) is 5.87. The number of benzene rings is 1. The maximum absolute atomic E-state index is 12.6. The number of aromatic nitrogens is 4. The van der Waals surface area contributed by atoms with Crippen molar-refractivity contribution in [2.24, 2.45) is 5.92 Å². The van der Waals surface area contributed by atoms with Crippen LogP contribution < -0.4 is 5.32 Å². The number of rotatable bonds is 3. The molecule has 3 heterocycles. The summed E-state index contributed by atoms with van der Waals surface area (Å²) >= 11 is 0. The molecule has 1 amide bonds. The van der Waals surface area contributed by atoms with Gasteiger partial charge in [0, 0.05) is 17.3 Å². The zero-order valence-corrected chi connectivity index (χ0v) is 14.0. The van der Waals surface area contributed by atoms with Gasteiger partial charge in [-0.15, -0.1) is 0 Å². The number of carbonyl (C=O) groups is 1. The van der Waals surface area contributed by atoms with Crippen molar-refractivity contribution in [3.05, 3.63) is 54.0 Å². The minimum atomic E-state index is -0.0313. The van der Waals surface area contributed by atoms with E-state index < -0.39 is 0 Å². The number of furan rings is 1. The number of imidazole rings is 1. The van der Waals surface area contributed by atoms with E-state index in [1.807, 2.05) is 36.5 Å². The Morgan fingerprint density at radius 3 is 3.15 bits per heavy atom. The van der Waals surface area contributed by atoms with Crippen molar-refractivity contribution in [2.75, 3.05) is 5.32 Å². The molecule has 0 spiro atoms. The molecule has 5 rings (SSSR count). The number of hydrogen-bond acceptors (Lipinski definition) is 4. The van der Waals surface area contributed by atoms with Gasteiger partial charge in [0.2, 0.25) is 5.91 Å². The van der Waals surface area contributed by atoms with E-state index in [4.69, 9.17) is 4.42 Å². The number of aryl methyl sites for hydroxylation is 1. The van der Waals surface area contributed by atoms with Crippen LogP contribution in [0.1, 0.15) is 17.7 Å². The summed E-state index contributed by atoms with van der Waals surface area (Å²) in [7, 11) is 0. The molecule has 1 aliphatic rings. The largest absolute Gasteiger partial charge is 0.461 e. The Kier molecular flexibility index (Phi) is 3.38. The lowest BCUT2D eigenvalue weighted by Crippen LogP contribution is -2.27. The van der Waals surface area contributed by atoms with E-state index in [-0.39, 0.29) is 11.8 Å². The third-order valence-electron chi connectivity index (χ3n) is 4.89. The molecule has 26 heavy (non-hydrogen) atoms. The number of nitrogens with zero attached hydrogens (tertiary/aromatic N) is 2. The Hall–Kier alpha value is -3.35. The number of H-pyrrole nitrogens is 2. The number of hydrogen-bond donors (Lipinski definition) is 3. The SMILES string of the molecule is O=C(Nc1ccc2nc(-c3ccco3)[nH]c2c1)[C@@H]1CCc2[nH]ncc2C1. The van der Waals surface area contributed by atoms with Gasteiger partial charge in [0.05, 0.1) is 23.5 Å². The predicted octanol–water partition coefficient (Wildman–Crippen LogP) is 3.29. The predicted molar refractivity (Wildman–Crippen MR) is 96.5 cm³/mol.